The van der Waals surface area contributed by atoms with Crippen molar-refractivity contribution in [1.82, 2.24) is 28.7 Å². The Kier molecular flexibility index (Phi) is 10.8. The van der Waals surface area contributed by atoms with Crippen LogP contribution < -0.4 is 0 Å². The maximum absolute atomic E-state index is 6.22. The Bertz CT molecular complexity index is 5040. The summed E-state index contributed by atoms with van der Waals surface area (Å²) in [7, 11) is 0. The molecule has 0 amide bonds. The standard InChI is InChI=1S/C75H48N6/c1-5-23-49(24-6-1)65-44-43-58(71(77-65)50-25-7-2-8-26-50)53-31-13-14-32-54(53)63-47-66(61-38-21-36-59-55-33-15-18-40-67(55)79(73(59)61)51-27-9-3-10-28-51)78-72(75(63)81-69-42-20-17-35-57(69)64-48-76-46-45-70(64)81)62-39-22-37-60-56-34-16-19-41-68(56)80(74(60)62)52-29-11-4-12-30-52/h1-48H. The van der Waals surface area contributed by atoms with Gasteiger partial charge in [-0.2, -0.15) is 0 Å². The van der Waals surface area contributed by atoms with E-state index >= 15 is 0 Å². The molecule has 0 saturated heterocycles. The van der Waals surface area contributed by atoms with E-state index in [1.807, 2.05) is 12.4 Å². The molecule has 378 valence electrons. The van der Waals surface area contributed by atoms with Crippen LogP contribution in [0.2, 0.25) is 0 Å². The van der Waals surface area contributed by atoms with Crippen molar-refractivity contribution in [3.05, 3.63) is 291 Å². The molecule has 0 atom stereocenters. The highest BCUT2D eigenvalue weighted by atomic mass is 15.0. The molecule has 0 aliphatic carbocycles. The van der Waals surface area contributed by atoms with Crippen molar-refractivity contribution in [3.63, 3.8) is 0 Å². The first-order valence-corrected chi connectivity index (χ1v) is 27.5. The molecule has 0 saturated carbocycles. The van der Waals surface area contributed by atoms with Gasteiger partial charge in [0.2, 0.25) is 0 Å². The van der Waals surface area contributed by atoms with Gasteiger partial charge in [-0.3, -0.25) is 4.98 Å². The van der Waals surface area contributed by atoms with E-state index in [1.54, 1.807) is 0 Å². The Balaban J connectivity index is 1.11. The summed E-state index contributed by atoms with van der Waals surface area (Å²) in [5, 5.41) is 6.80. The van der Waals surface area contributed by atoms with Crippen molar-refractivity contribution < 1.29 is 0 Å². The van der Waals surface area contributed by atoms with E-state index in [0.717, 1.165) is 139 Å². The van der Waals surface area contributed by atoms with Crippen LogP contribution >= 0.6 is 0 Å². The topological polar surface area (TPSA) is 53.5 Å². The van der Waals surface area contributed by atoms with Gasteiger partial charge in [-0.25, -0.2) is 9.97 Å². The number of rotatable bonds is 9. The smallest absolute Gasteiger partial charge is 0.0977 e. The van der Waals surface area contributed by atoms with Crippen molar-refractivity contribution in [1.29, 1.82) is 0 Å². The fourth-order valence-corrected chi connectivity index (χ4v) is 12.7. The van der Waals surface area contributed by atoms with Gasteiger partial charge in [0.1, 0.15) is 0 Å². The van der Waals surface area contributed by atoms with Crippen LogP contribution in [-0.4, -0.2) is 28.7 Å². The largest absolute Gasteiger partial charge is 0.309 e. The average Bonchev–Trinajstić information content (AvgIpc) is 4.42. The zero-order valence-electron chi connectivity index (χ0n) is 43.9. The fourth-order valence-electron chi connectivity index (χ4n) is 12.7. The lowest BCUT2D eigenvalue weighted by atomic mass is 9.89. The third kappa shape index (κ3) is 7.38. The second-order valence-corrected chi connectivity index (χ2v) is 20.6. The molecule has 16 rings (SSSR count). The lowest BCUT2D eigenvalue weighted by Gasteiger charge is -2.23. The summed E-state index contributed by atoms with van der Waals surface area (Å²) in [6.45, 7) is 0. The predicted octanol–water partition coefficient (Wildman–Crippen LogP) is 19.2. The molecule has 0 radical (unpaired) electrons. The first-order valence-electron chi connectivity index (χ1n) is 27.5. The summed E-state index contributed by atoms with van der Waals surface area (Å²) in [5.41, 5.74) is 21.3. The Hall–Kier alpha value is -11.0. The van der Waals surface area contributed by atoms with Crippen LogP contribution in [0.4, 0.5) is 0 Å². The number of pyridine rings is 3. The molecule has 0 aliphatic rings. The molecule has 0 N–H and O–H groups in total. The fraction of sp³-hybridized carbons (Fsp3) is 0. The zero-order chi connectivity index (χ0) is 53.4. The first kappa shape index (κ1) is 46.2. The van der Waals surface area contributed by atoms with E-state index in [2.05, 4.69) is 293 Å². The number of benzene rings is 10. The second-order valence-electron chi connectivity index (χ2n) is 20.6. The summed E-state index contributed by atoms with van der Waals surface area (Å²) in [5.74, 6) is 0. The minimum atomic E-state index is 0.836. The number of aromatic nitrogens is 6. The van der Waals surface area contributed by atoms with E-state index < -0.39 is 0 Å². The molecule has 0 bridgehead atoms. The van der Waals surface area contributed by atoms with Crippen LogP contribution in [0, 0.1) is 0 Å². The van der Waals surface area contributed by atoms with Crippen molar-refractivity contribution >= 4 is 65.4 Å². The van der Waals surface area contributed by atoms with Crippen LogP contribution in [0.1, 0.15) is 0 Å². The molecule has 6 heteroatoms. The van der Waals surface area contributed by atoms with E-state index in [9.17, 15) is 0 Å². The minimum Gasteiger partial charge on any atom is -0.309 e. The lowest BCUT2D eigenvalue weighted by molar-refractivity contribution is 1.14. The Morgan fingerprint density at radius 3 is 1.32 bits per heavy atom. The minimum absolute atomic E-state index is 0.836. The molecular weight excluding hydrogens is 985 g/mol. The number of para-hydroxylation sites is 7. The molecule has 0 fully saturated rings. The van der Waals surface area contributed by atoms with Crippen LogP contribution in [0.25, 0.3) is 150 Å². The van der Waals surface area contributed by atoms with E-state index in [4.69, 9.17) is 15.0 Å². The van der Waals surface area contributed by atoms with Gasteiger partial charge in [-0.15, -0.1) is 0 Å². The van der Waals surface area contributed by atoms with Gasteiger partial charge < -0.3 is 13.7 Å². The monoisotopic (exact) mass is 1030 g/mol. The molecule has 6 aromatic heterocycles. The van der Waals surface area contributed by atoms with E-state index in [1.165, 1.54) is 10.8 Å². The van der Waals surface area contributed by atoms with Gasteiger partial charge in [0.05, 0.1) is 61.6 Å². The Morgan fingerprint density at radius 2 is 0.704 bits per heavy atom. The van der Waals surface area contributed by atoms with Gasteiger partial charge in [0.15, 0.2) is 0 Å². The number of hydrogen-bond donors (Lipinski definition) is 0. The van der Waals surface area contributed by atoms with Crippen molar-refractivity contribution in [3.8, 4) is 84.3 Å². The maximum atomic E-state index is 6.22. The SMILES string of the molecule is c1ccc(-c2ccc(-c3ccccc3-c3cc(-c4cccc5c6ccccc6n(-c6ccccc6)c45)nc(-c4cccc5c6ccccc6n(-c6ccccc6)c45)c3-n3c4ccccc4c4cnccc43)c(-c3ccccc3)n2)cc1. The van der Waals surface area contributed by atoms with Gasteiger partial charge in [0, 0.05) is 89.5 Å². The second kappa shape index (κ2) is 18.9. The number of fused-ring (bicyclic) bond motifs is 9. The highest BCUT2D eigenvalue weighted by Crippen LogP contribution is 2.49. The molecule has 16 aromatic rings. The molecule has 6 heterocycles. The van der Waals surface area contributed by atoms with Crippen LogP contribution in [0.15, 0.2) is 291 Å². The first-order chi connectivity index (χ1) is 40.2. The van der Waals surface area contributed by atoms with Crippen molar-refractivity contribution in [2.45, 2.75) is 0 Å². The van der Waals surface area contributed by atoms with E-state index in [-0.39, 0.29) is 0 Å². The van der Waals surface area contributed by atoms with Crippen molar-refractivity contribution in [2.75, 3.05) is 0 Å². The molecule has 6 nitrogen and oxygen atoms in total. The third-order valence-corrected chi connectivity index (χ3v) is 16.2. The average molecular weight is 1030 g/mol. The van der Waals surface area contributed by atoms with Crippen LogP contribution in [0.5, 0.6) is 0 Å². The number of nitrogens with zero attached hydrogens (tertiary/aromatic N) is 6. The quantitative estimate of drug-likeness (QED) is 0.145. The number of hydrogen-bond acceptors (Lipinski definition) is 3. The summed E-state index contributed by atoms with van der Waals surface area (Å²) in [6, 6.07) is 100. The highest BCUT2D eigenvalue weighted by molar-refractivity contribution is 6.17. The molecule has 0 unspecified atom stereocenters. The van der Waals surface area contributed by atoms with Crippen molar-refractivity contribution in [2.24, 2.45) is 0 Å². The lowest BCUT2D eigenvalue weighted by Crippen LogP contribution is -2.06. The summed E-state index contributed by atoms with van der Waals surface area (Å²) >= 11 is 0. The summed E-state index contributed by atoms with van der Waals surface area (Å²) < 4.78 is 7.31. The molecule has 81 heavy (non-hydrogen) atoms. The van der Waals surface area contributed by atoms with Gasteiger partial charge in [0.25, 0.3) is 0 Å². The molecule has 0 aliphatic heterocycles. The van der Waals surface area contributed by atoms with Gasteiger partial charge in [-0.1, -0.05) is 212 Å². The molecular formula is C75H48N6. The molecule has 10 aromatic carbocycles. The molecule has 0 spiro atoms. The predicted molar refractivity (Wildman–Crippen MR) is 335 cm³/mol. The maximum Gasteiger partial charge on any atom is 0.0977 e. The third-order valence-electron chi connectivity index (χ3n) is 16.2. The summed E-state index contributed by atoms with van der Waals surface area (Å²) in [6.07, 6.45) is 3.92. The Morgan fingerprint density at radius 1 is 0.259 bits per heavy atom. The highest BCUT2D eigenvalue weighted by Gasteiger charge is 2.29. The zero-order valence-corrected chi connectivity index (χ0v) is 43.9. The van der Waals surface area contributed by atoms with Gasteiger partial charge in [-0.05, 0) is 77.9 Å². The van der Waals surface area contributed by atoms with E-state index in [0.29, 0.717) is 0 Å². The van der Waals surface area contributed by atoms with Gasteiger partial charge >= 0.3 is 0 Å². The Labute approximate surface area is 467 Å². The van der Waals surface area contributed by atoms with Crippen LogP contribution in [0.3, 0.4) is 0 Å². The van der Waals surface area contributed by atoms with Crippen LogP contribution in [-0.2, 0) is 0 Å². The normalized spacial score (nSPS) is 11.7. The summed E-state index contributed by atoms with van der Waals surface area (Å²) in [4.78, 5) is 16.5.